The van der Waals surface area contributed by atoms with Gasteiger partial charge in [0.1, 0.15) is 18.3 Å². The minimum atomic E-state index is -4.21. The van der Waals surface area contributed by atoms with E-state index in [-0.39, 0.29) is 23.0 Å². The summed E-state index contributed by atoms with van der Waals surface area (Å²) in [6.07, 6.45) is 1.06. The van der Waals surface area contributed by atoms with Crippen LogP contribution in [-0.4, -0.2) is 65.6 Å². The Labute approximate surface area is 248 Å². The molecule has 0 bridgehead atoms. The number of nitrogens with one attached hydrogen (secondary N) is 1. The highest BCUT2D eigenvalue weighted by Crippen LogP contribution is 2.34. The van der Waals surface area contributed by atoms with E-state index in [4.69, 9.17) is 14.2 Å². The first-order valence-corrected chi connectivity index (χ1v) is 15.1. The average Bonchev–Trinajstić information content (AvgIpc) is 3.02. The van der Waals surface area contributed by atoms with Crippen LogP contribution in [-0.2, 0) is 26.2 Å². The SMILES string of the molecule is CCCNC(=O)[C@@H](CC)N(Cc1cccc(OC)c1)C(=O)CN(c1ccc(OC)c(OC)c1)S(=O)(=O)c1ccccc1. The van der Waals surface area contributed by atoms with Gasteiger partial charge in [0.25, 0.3) is 10.0 Å². The van der Waals surface area contributed by atoms with Crippen LogP contribution in [0, 0.1) is 0 Å². The number of ether oxygens (including phenoxy) is 3. The van der Waals surface area contributed by atoms with Crippen LogP contribution in [0.25, 0.3) is 0 Å². The molecule has 3 aromatic rings. The van der Waals surface area contributed by atoms with Crippen LogP contribution < -0.4 is 23.8 Å². The lowest BCUT2D eigenvalue weighted by atomic mass is 10.1. The first-order valence-electron chi connectivity index (χ1n) is 13.7. The fourth-order valence-corrected chi connectivity index (χ4v) is 5.91. The molecular weight excluding hydrogens is 558 g/mol. The van der Waals surface area contributed by atoms with E-state index < -0.39 is 28.5 Å². The Morgan fingerprint density at radius 2 is 1.57 bits per heavy atom. The van der Waals surface area contributed by atoms with Crippen molar-refractivity contribution < 1.29 is 32.2 Å². The number of hydrogen-bond acceptors (Lipinski definition) is 7. The van der Waals surface area contributed by atoms with Gasteiger partial charge in [-0.15, -0.1) is 0 Å². The topological polar surface area (TPSA) is 114 Å². The van der Waals surface area contributed by atoms with Crippen LogP contribution >= 0.6 is 0 Å². The second kappa shape index (κ2) is 15.1. The second-order valence-electron chi connectivity index (χ2n) is 9.45. The fourth-order valence-electron chi connectivity index (χ4n) is 4.48. The van der Waals surface area contributed by atoms with Crippen LogP contribution in [0.1, 0.15) is 32.3 Å². The Hall–Kier alpha value is -4.25. The van der Waals surface area contributed by atoms with E-state index in [1.165, 1.54) is 37.3 Å². The smallest absolute Gasteiger partial charge is 0.264 e. The van der Waals surface area contributed by atoms with Crippen molar-refractivity contribution in [3.8, 4) is 17.2 Å². The molecule has 0 saturated carbocycles. The molecule has 226 valence electrons. The van der Waals surface area contributed by atoms with E-state index in [2.05, 4.69) is 5.32 Å². The monoisotopic (exact) mass is 597 g/mol. The summed E-state index contributed by atoms with van der Waals surface area (Å²) in [4.78, 5) is 28.8. The Morgan fingerprint density at radius 3 is 2.19 bits per heavy atom. The van der Waals surface area contributed by atoms with Crippen molar-refractivity contribution in [1.82, 2.24) is 10.2 Å². The zero-order valence-corrected chi connectivity index (χ0v) is 25.5. The highest BCUT2D eigenvalue weighted by Gasteiger charge is 2.34. The van der Waals surface area contributed by atoms with Gasteiger partial charge in [0, 0.05) is 19.2 Å². The number of methoxy groups -OCH3 is 3. The van der Waals surface area contributed by atoms with Gasteiger partial charge < -0.3 is 24.4 Å². The maximum Gasteiger partial charge on any atom is 0.264 e. The molecule has 0 saturated heterocycles. The molecule has 1 atom stereocenters. The third-order valence-electron chi connectivity index (χ3n) is 6.69. The summed E-state index contributed by atoms with van der Waals surface area (Å²) < 4.78 is 45.1. The van der Waals surface area contributed by atoms with Crippen LogP contribution in [0.4, 0.5) is 5.69 Å². The minimum Gasteiger partial charge on any atom is -0.497 e. The molecule has 11 heteroatoms. The van der Waals surface area contributed by atoms with Crippen LogP contribution in [0.3, 0.4) is 0 Å². The van der Waals surface area contributed by atoms with E-state index in [9.17, 15) is 18.0 Å². The van der Waals surface area contributed by atoms with Crippen LogP contribution in [0.5, 0.6) is 17.2 Å². The maximum atomic E-state index is 14.2. The molecule has 0 fully saturated rings. The standard InChI is InChI=1S/C31H39N3O7S/c1-6-18-32-31(36)27(7-2)33(21-23-12-11-13-25(19-23)39-3)30(35)22-34(42(37,38)26-14-9-8-10-15-26)24-16-17-28(40-4)29(20-24)41-5/h8-17,19-20,27H,6-7,18,21-22H2,1-5H3,(H,32,36)/t27-/m1/s1. The number of carbonyl (C=O) groups is 2. The van der Waals surface area contributed by atoms with Crippen molar-refractivity contribution in [2.24, 2.45) is 0 Å². The molecule has 3 rings (SSSR count). The number of anilines is 1. The molecule has 0 radical (unpaired) electrons. The number of rotatable bonds is 15. The molecule has 0 aliphatic heterocycles. The summed E-state index contributed by atoms with van der Waals surface area (Å²) in [6, 6.07) is 18.9. The van der Waals surface area contributed by atoms with Crippen LogP contribution in [0.2, 0.25) is 0 Å². The second-order valence-corrected chi connectivity index (χ2v) is 11.3. The Morgan fingerprint density at radius 1 is 0.857 bits per heavy atom. The predicted molar refractivity (Wildman–Crippen MR) is 161 cm³/mol. The largest absolute Gasteiger partial charge is 0.497 e. The third kappa shape index (κ3) is 7.73. The van der Waals surface area contributed by atoms with Gasteiger partial charge in [0.2, 0.25) is 11.8 Å². The van der Waals surface area contributed by atoms with Gasteiger partial charge in [-0.2, -0.15) is 0 Å². The van der Waals surface area contributed by atoms with Gasteiger partial charge in [-0.25, -0.2) is 8.42 Å². The summed E-state index contributed by atoms with van der Waals surface area (Å²) in [5.41, 5.74) is 0.933. The zero-order chi connectivity index (χ0) is 30.7. The molecular formula is C31H39N3O7S. The predicted octanol–water partition coefficient (Wildman–Crippen LogP) is 4.24. The van der Waals surface area contributed by atoms with Gasteiger partial charge in [0.05, 0.1) is 31.9 Å². The molecule has 10 nitrogen and oxygen atoms in total. The van der Waals surface area contributed by atoms with Crippen molar-refractivity contribution >= 4 is 27.5 Å². The van der Waals surface area contributed by atoms with Gasteiger partial charge in [-0.1, -0.05) is 44.2 Å². The molecule has 0 heterocycles. The number of nitrogens with zero attached hydrogens (tertiary/aromatic N) is 2. The van der Waals surface area contributed by atoms with Crippen molar-refractivity contribution in [1.29, 1.82) is 0 Å². The Balaban J connectivity index is 2.10. The molecule has 0 aliphatic rings. The van der Waals surface area contributed by atoms with E-state index >= 15 is 0 Å². The molecule has 1 N–H and O–H groups in total. The van der Waals surface area contributed by atoms with Crippen molar-refractivity contribution in [2.75, 3.05) is 38.7 Å². The highest BCUT2D eigenvalue weighted by molar-refractivity contribution is 7.92. The zero-order valence-electron chi connectivity index (χ0n) is 24.7. The van der Waals surface area contributed by atoms with Crippen molar-refractivity contribution in [3.63, 3.8) is 0 Å². The van der Waals surface area contributed by atoms with E-state index in [0.717, 1.165) is 16.3 Å². The lowest BCUT2D eigenvalue weighted by molar-refractivity contribution is -0.140. The quantitative estimate of drug-likeness (QED) is 0.279. The molecule has 0 spiro atoms. The molecule has 2 amide bonds. The number of amides is 2. The van der Waals surface area contributed by atoms with Crippen molar-refractivity contribution in [2.45, 2.75) is 44.2 Å². The maximum absolute atomic E-state index is 14.2. The Kier molecular flexibility index (Phi) is 11.6. The summed E-state index contributed by atoms with van der Waals surface area (Å²) >= 11 is 0. The van der Waals surface area contributed by atoms with Gasteiger partial charge >= 0.3 is 0 Å². The third-order valence-corrected chi connectivity index (χ3v) is 8.48. The van der Waals surface area contributed by atoms with Crippen LogP contribution in [0.15, 0.2) is 77.7 Å². The fraction of sp³-hybridized carbons (Fsp3) is 0.355. The first-order chi connectivity index (χ1) is 20.2. The van der Waals surface area contributed by atoms with Gasteiger partial charge in [0.15, 0.2) is 11.5 Å². The normalized spacial score (nSPS) is 11.7. The van der Waals surface area contributed by atoms with Crippen molar-refractivity contribution in [3.05, 3.63) is 78.4 Å². The summed E-state index contributed by atoms with van der Waals surface area (Å²) in [5, 5.41) is 2.88. The molecule has 42 heavy (non-hydrogen) atoms. The van der Waals surface area contributed by atoms with E-state index in [1.54, 1.807) is 55.6 Å². The summed E-state index contributed by atoms with van der Waals surface area (Å²) in [7, 11) is 0.258. The van der Waals surface area contributed by atoms with E-state index in [0.29, 0.717) is 30.2 Å². The number of hydrogen-bond donors (Lipinski definition) is 1. The molecule has 0 unspecified atom stereocenters. The highest BCUT2D eigenvalue weighted by atomic mass is 32.2. The lowest BCUT2D eigenvalue weighted by Gasteiger charge is -2.33. The summed E-state index contributed by atoms with van der Waals surface area (Å²) in [6.45, 7) is 3.72. The van der Waals surface area contributed by atoms with E-state index in [1.807, 2.05) is 19.9 Å². The Bertz CT molecular complexity index is 1450. The molecule has 0 aliphatic carbocycles. The number of carbonyl (C=O) groups excluding carboxylic acids is 2. The number of benzene rings is 3. The molecule has 0 aromatic heterocycles. The minimum absolute atomic E-state index is 0.0136. The lowest BCUT2D eigenvalue weighted by Crippen LogP contribution is -2.52. The van der Waals surface area contributed by atoms with Gasteiger partial charge in [-0.05, 0) is 54.8 Å². The average molecular weight is 598 g/mol. The first kappa shape index (κ1) is 32.3. The van der Waals surface area contributed by atoms with Gasteiger partial charge in [-0.3, -0.25) is 13.9 Å². The molecule has 3 aromatic carbocycles. The summed E-state index contributed by atoms with van der Waals surface area (Å²) in [5.74, 6) is 0.448. The number of sulfonamides is 1.